The van der Waals surface area contributed by atoms with Crippen LogP contribution in [-0.2, 0) is 9.53 Å². The van der Waals surface area contributed by atoms with E-state index in [0.29, 0.717) is 5.92 Å². The third kappa shape index (κ3) is 2.64. The average Bonchev–Trinajstić information content (AvgIpc) is 2.18. The van der Waals surface area contributed by atoms with E-state index in [2.05, 4.69) is 27.5 Å². The first-order chi connectivity index (χ1) is 6.97. The molecule has 86 valence electrons. The number of nitrogens with zero attached hydrogens (tertiary/aromatic N) is 1. The van der Waals surface area contributed by atoms with Crippen molar-refractivity contribution in [3.63, 3.8) is 0 Å². The van der Waals surface area contributed by atoms with Gasteiger partial charge in [-0.15, -0.1) is 0 Å². The van der Waals surface area contributed by atoms with Crippen molar-refractivity contribution in [3.8, 4) is 0 Å². The molecular formula is C11H18INO2. The predicted octanol–water partition coefficient (Wildman–Crippen LogP) is 1.84. The molecule has 3 fully saturated rings. The van der Waals surface area contributed by atoms with Gasteiger partial charge in [-0.25, -0.2) is 0 Å². The molecular weight excluding hydrogens is 305 g/mol. The smallest absolute Gasteiger partial charge is 0.321 e. The van der Waals surface area contributed by atoms with Crippen LogP contribution in [0.3, 0.4) is 0 Å². The van der Waals surface area contributed by atoms with E-state index < -0.39 is 3.42 Å². The lowest BCUT2D eigenvalue weighted by Gasteiger charge is -2.44. The van der Waals surface area contributed by atoms with Crippen molar-refractivity contribution in [2.45, 2.75) is 36.2 Å². The topological polar surface area (TPSA) is 29.5 Å². The molecule has 0 amide bonds. The van der Waals surface area contributed by atoms with Gasteiger partial charge in [-0.3, -0.25) is 9.69 Å². The van der Waals surface area contributed by atoms with Gasteiger partial charge in [0.2, 0.25) is 0 Å². The number of fused-ring (bicyclic) bond motifs is 3. The number of hydrogen-bond acceptors (Lipinski definition) is 3. The fourth-order valence-electron chi connectivity index (χ4n) is 2.32. The zero-order valence-corrected chi connectivity index (χ0v) is 11.5. The van der Waals surface area contributed by atoms with Crippen LogP contribution in [0, 0.1) is 5.92 Å². The Morgan fingerprint density at radius 1 is 1.40 bits per heavy atom. The molecule has 3 aliphatic rings. The number of carbonyl (C=O) groups excluding carboxylic acids is 1. The molecule has 3 rings (SSSR count). The fourth-order valence-corrected chi connectivity index (χ4v) is 2.45. The van der Waals surface area contributed by atoms with Gasteiger partial charge in [0.15, 0.2) is 0 Å². The minimum atomic E-state index is -0.399. The monoisotopic (exact) mass is 323 g/mol. The lowest BCUT2D eigenvalue weighted by molar-refractivity contribution is -0.160. The van der Waals surface area contributed by atoms with Crippen LogP contribution in [0.25, 0.3) is 0 Å². The van der Waals surface area contributed by atoms with Gasteiger partial charge in [0.1, 0.15) is 9.53 Å². The van der Waals surface area contributed by atoms with E-state index >= 15 is 0 Å². The van der Waals surface area contributed by atoms with E-state index in [1.165, 1.54) is 25.9 Å². The van der Waals surface area contributed by atoms with E-state index in [4.69, 9.17) is 4.74 Å². The second kappa shape index (κ2) is 4.20. The molecule has 0 N–H and O–H groups in total. The van der Waals surface area contributed by atoms with Crippen LogP contribution in [0.1, 0.15) is 26.7 Å². The Morgan fingerprint density at radius 3 is 2.40 bits per heavy atom. The van der Waals surface area contributed by atoms with Gasteiger partial charge in [0.05, 0.1) is 0 Å². The summed E-state index contributed by atoms with van der Waals surface area (Å²) in [5, 5.41) is 0. The van der Waals surface area contributed by atoms with Gasteiger partial charge in [0.25, 0.3) is 0 Å². The summed E-state index contributed by atoms with van der Waals surface area (Å²) in [5.74, 6) is 0.541. The zero-order chi connectivity index (χ0) is 11.1. The number of esters is 1. The molecule has 15 heavy (non-hydrogen) atoms. The highest BCUT2D eigenvalue weighted by Gasteiger charge is 2.38. The predicted molar refractivity (Wildman–Crippen MR) is 67.1 cm³/mol. The molecule has 0 aliphatic carbocycles. The summed E-state index contributed by atoms with van der Waals surface area (Å²) in [6.45, 7) is 7.12. The highest BCUT2D eigenvalue weighted by Crippen LogP contribution is 2.31. The first-order valence-electron chi connectivity index (χ1n) is 5.59. The van der Waals surface area contributed by atoms with E-state index in [1.54, 1.807) is 0 Å². The molecule has 4 heteroatoms. The molecule has 1 unspecified atom stereocenters. The Bertz CT molecular complexity index is 254. The van der Waals surface area contributed by atoms with Crippen molar-refractivity contribution in [3.05, 3.63) is 0 Å². The fraction of sp³-hybridized carbons (Fsp3) is 0.909. The van der Waals surface area contributed by atoms with Gasteiger partial charge in [-0.05, 0) is 45.7 Å². The van der Waals surface area contributed by atoms with E-state index in [0.717, 1.165) is 6.54 Å². The SMILES string of the molecule is CC(C)(I)C(=O)OC1CN2CCC1CC2. The average molecular weight is 323 g/mol. The summed E-state index contributed by atoms with van der Waals surface area (Å²) < 4.78 is 5.20. The highest BCUT2D eigenvalue weighted by molar-refractivity contribution is 14.1. The van der Waals surface area contributed by atoms with E-state index in [1.807, 2.05) is 13.8 Å². The van der Waals surface area contributed by atoms with Gasteiger partial charge in [-0.2, -0.15) is 0 Å². The summed E-state index contributed by atoms with van der Waals surface area (Å²) >= 11 is 2.14. The van der Waals surface area contributed by atoms with Crippen LogP contribution in [0.15, 0.2) is 0 Å². The summed E-state index contributed by atoms with van der Waals surface area (Å²) in [7, 11) is 0. The van der Waals surface area contributed by atoms with Crippen molar-refractivity contribution >= 4 is 28.6 Å². The number of rotatable bonds is 2. The Kier molecular flexibility index (Phi) is 3.26. The van der Waals surface area contributed by atoms with Crippen LogP contribution < -0.4 is 0 Å². The standard InChI is InChI=1S/C11H18INO2/c1-11(2,12)10(14)15-9-7-13-5-3-8(9)4-6-13/h8-9H,3-7H2,1-2H3. The summed E-state index contributed by atoms with van der Waals surface area (Å²) in [5.41, 5.74) is 0. The van der Waals surface area contributed by atoms with Crippen molar-refractivity contribution < 1.29 is 9.53 Å². The molecule has 2 bridgehead atoms. The highest BCUT2D eigenvalue weighted by atomic mass is 127. The Morgan fingerprint density at radius 2 is 2.00 bits per heavy atom. The van der Waals surface area contributed by atoms with Gasteiger partial charge < -0.3 is 4.74 Å². The Labute approximate surface area is 105 Å². The van der Waals surface area contributed by atoms with Crippen LogP contribution in [0.5, 0.6) is 0 Å². The lowest BCUT2D eigenvalue weighted by Crippen LogP contribution is -2.52. The van der Waals surface area contributed by atoms with Crippen LogP contribution >= 0.6 is 22.6 Å². The Balaban J connectivity index is 1.93. The molecule has 3 nitrogen and oxygen atoms in total. The normalized spacial score (nSPS) is 35.3. The van der Waals surface area contributed by atoms with Gasteiger partial charge in [0, 0.05) is 6.54 Å². The molecule has 0 spiro atoms. The number of piperidine rings is 3. The van der Waals surface area contributed by atoms with E-state index in [-0.39, 0.29) is 12.1 Å². The lowest BCUT2D eigenvalue weighted by atomic mass is 9.86. The number of alkyl halides is 1. The maximum Gasteiger partial charge on any atom is 0.321 e. The largest absolute Gasteiger partial charge is 0.460 e. The van der Waals surface area contributed by atoms with Crippen molar-refractivity contribution in [2.75, 3.05) is 19.6 Å². The first kappa shape index (κ1) is 11.6. The number of carbonyl (C=O) groups is 1. The maximum absolute atomic E-state index is 11.8. The molecule has 3 heterocycles. The Hall–Kier alpha value is 0.160. The van der Waals surface area contributed by atoms with Crippen molar-refractivity contribution in [1.29, 1.82) is 0 Å². The van der Waals surface area contributed by atoms with Crippen molar-refractivity contribution in [1.82, 2.24) is 4.90 Å². The maximum atomic E-state index is 11.8. The summed E-state index contributed by atoms with van der Waals surface area (Å²) in [4.78, 5) is 14.2. The molecule has 0 saturated carbocycles. The first-order valence-corrected chi connectivity index (χ1v) is 6.67. The molecule has 0 aromatic rings. The number of ether oxygens (including phenoxy) is 1. The quantitative estimate of drug-likeness (QED) is 0.441. The minimum absolute atomic E-state index is 0.0677. The third-order valence-corrected chi connectivity index (χ3v) is 3.78. The second-order valence-electron chi connectivity index (χ2n) is 5.05. The van der Waals surface area contributed by atoms with Gasteiger partial charge >= 0.3 is 5.97 Å². The van der Waals surface area contributed by atoms with Crippen LogP contribution in [-0.4, -0.2) is 40.0 Å². The number of halogens is 1. The van der Waals surface area contributed by atoms with Crippen LogP contribution in [0.4, 0.5) is 0 Å². The van der Waals surface area contributed by atoms with Crippen molar-refractivity contribution in [2.24, 2.45) is 5.92 Å². The second-order valence-corrected chi connectivity index (χ2v) is 7.75. The molecule has 0 radical (unpaired) electrons. The third-order valence-electron chi connectivity index (χ3n) is 3.34. The molecule has 1 atom stereocenters. The molecule has 0 aromatic heterocycles. The molecule has 3 saturated heterocycles. The van der Waals surface area contributed by atoms with E-state index in [9.17, 15) is 4.79 Å². The summed E-state index contributed by atoms with van der Waals surface area (Å²) in [6, 6.07) is 0. The van der Waals surface area contributed by atoms with Gasteiger partial charge in [-0.1, -0.05) is 22.6 Å². The zero-order valence-electron chi connectivity index (χ0n) is 9.33. The molecule has 3 aliphatic heterocycles. The summed E-state index contributed by atoms with van der Waals surface area (Å²) in [6.07, 6.45) is 2.54. The molecule has 0 aromatic carbocycles. The minimum Gasteiger partial charge on any atom is -0.460 e. The van der Waals surface area contributed by atoms with Crippen LogP contribution in [0.2, 0.25) is 0 Å². The number of hydrogen-bond donors (Lipinski definition) is 0.